The van der Waals surface area contributed by atoms with E-state index in [1.807, 2.05) is 30.3 Å². The van der Waals surface area contributed by atoms with E-state index >= 15 is 0 Å². The number of carbonyl (C=O) groups is 1. The molecule has 5 heteroatoms. The lowest BCUT2D eigenvalue weighted by molar-refractivity contribution is 0.0829. The standard InChI is InChI=1S/C30H31N3O.ClH/c1-32-27-15-9-8-14-26(27)28(29(32)22-12-6-3-7-13-22)30(34)31-23-18-24-16-17-25(19-23)33(24)20-21-10-4-2-5-11-21;/h2-15,23-25H,16-20H2,1H3,(H,31,34);1H/t23-,24+,25-;. The van der Waals surface area contributed by atoms with E-state index in [9.17, 15) is 4.79 Å². The molecule has 2 aliphatic rings. The number of aryl methyl sites for hydroxylation is 1. The third kappa shape index (κ3) is 4.37. The molecule has 0 radical (unpaired) electrons. The minimum Gasteiger partial charge on any atom is -0.349 e. The van der Waals surface area contributed by atoms with Gasteiger partial charge in [0.2, 0.25) is 0 Å². The summed E-state index contributed by atoms with van der Waals surface area (Å²) in [5, 5.41) is 4.48. The molecule has 2 bridgehead atoms. The van der Waals surface area contributed by atoms with Crippen LogP contribution in [0.2, 0.25) is 0 Å². The Bertz CT molecular complexity index is 1300. The number of nitrogens with one attached hydrogen (secondary N) is 1. The van der Waals surface area contributed by atoms with Gasteiger partial charge in [0, 0.05) is 42.6 Å². The second-order valence-electron chi connectivity index (χ2n) is 9.85. The number of halogens is 1. The Hall–Kier alpha value is -3.08. The third-order valence-electron chi connectivity index (χ3n) is 7.81. The largest absolute Gasteiger partial charge is 0.349 e. The predicted octanol–water partition coefficient (Wildman–Crippen LogP) is 6.19. The highest BCUT2D eigenvalue weighted by molar-refractivity contribution is 6.12. The number of hydrogen-bond acceptors (Lipinski definition) is 2. The van der Waals surface area contributed by atoms with E-state index in [2.05, 4.69) is 76.4 Å². The van der Waals surface area contributed by atoms with Crippen molar-refractivity contribution >= 4 is 29.2 Å². The number of benzene rings is 3. The van der Waals surface area contributed by atoms with Gasteiger partial charge in [0.25, 0.3) is 5.91 Å². The van der Waals surface area contributed by atoms with Gasteiger partial charge < -0.3 is 9.88 Å². The molecule has 1 N–H and O–H groups in total. The van der Waals surface area contributed by atoms with E-state index in [1.54, 1.807) is 0 Å². The average Bonchev–Trinajstić information content (AvgIpc) is 3.29. The fourth-order valence-electron chi connectivity index (χ4n) is 6.26. The van der Waals surface area contributed by atoms with Crippen LogP contribution >= 0.6 is 12.4 Å². The lowest BCUT2D eigenvalue weighted by Crippen LogP contribution is -2.50. The molecule has 35 heavy (non-hydrogen) atoms. The van der Waals surface area contributed by atoms with Crippen LogP contribution in [0.5, 0.6) is 0 Å². The van der Waals surface area contributed by atoms with Crippen LogP contribution in [-0.2, 0) is 13.6 Å². The third-order valence-corrected chi connectivity index (χ3v) is 7.81. The highest BCUT2D eigenvalue weighted by Crippen LogP contribution is 2.38. The Kier molecular flexibility index (Phi) is 6.68. The molecule has 4 nitrogen and oxygen atoms in total. The highest BCUT2D eigenvalue weighted by atomic mass is 35.5. The van der Waals surface area contributed by atoms with Crippen molar-refractivity contribution in [2.75, 3.05) is 0 Å². The van der Waals surface area contributed by atoms with Crippen LogP contribution in [0.25, 0.3) is 22.2 Å². The average molecular weight is 486 g/mol. The predicted molar refractivity (Wildman–Crippen MR) is 145 cm³/mol. The highest BCUT2D eigenvalue weighted by Gasteiger charge is 2.41. The minimum absolute atomic E-state index is 0. The first-order valence-corrected chi connectivity index (χ1v) is 12.4. The van der Waals surface area contributed by atoms with Gasteiger partial charge in [-0.15, -0.1) is 12.4 Å². The molecule has 0 unspecified atom stereocenters. The topological polar surface area (TPSA) is 37.3 Å². The van der Waals surface area contributed by atoms with Crippen molar-refractivity contribution in [2.24, 2.45) is 7.05 Å². The summed E-state index contributed by atoms with van der Waals surface area (Å²) >= 11 is 0. The Balaban J connectivity index is 0.00000253. The minimum atomic E-state index is 0. The summed E-state index contributed by atoms with van der Waals surface area (Å²) in [4.78, 5) is 16.5. The number of piperidine rings is 1. The van der Waals surface area contributed by atoms with E-state index in [-0.39, 0.29) is 24.4 Å². The summed E-state index contributed by atoms with van der Waals surface area (Å²) in [5.74, 6) is 0.0524. The van der Waals surface area contributed by atoms with Gasteiger partial charge in [-0.3, -0.25) is 9.69 Å². The van der Waals surface area contributed by atoms with Gasteiger partial charge in [-0.1, -0.05) is 78.9 Å². The quantitative estimate of drug-likeness (QED) is 0.366. The maximum absolute atomic E-state index is 13.8. The molecule has 180 valence electrons. The number of rotatable bonds is 5. The monoisotopic (exact) mass is 485 g/mol. The van der Waals surface area contributed by atoms with E-state index in [0.29, 0.717) is 12.1 Å². The normalized spacial score (nSPS) is 21.6. The number of fused-ring (bicyclic) bond motifs is 3. The van der Waals surface area contributed by atoms with Gasteiger partial charge in [0.15, 0.2) is 0 Å². The molecule has 6 rings (SSSR count). The fourth-order valence-corrected chi connectivity index (χ4v) is 6.26. The van der Waals surface area contributed by atoms with E-state index in [0.717, 1.165) is 47.1 Å². The first-order valence-electron chi connectivity index (χ1n) is 12.4. The lowest BCUT2D eigenvalue weighted by atomic mass is 9.95. The van der Waals surface area contributed by atoms with Crippen LogP contribution in [0, 0.1) is 0 Å². The molecule has 0 saturated carbocycles. The molecule has 2 saturated heterocycles. The van der Waals surface area contributed by atoms with Crippen LogP contribution in [0.3, 0.4) is 0 Å². The Morgan fingerprint density at radius 3 is 2.14 bits per heavy atom. The molecule has 2 fully saturated rings. The molecule has 1 amide bonds. The number of aromatic nitrogens is 1. The molecule has 2 aliphatic heterocycles. The van der Waals surface area contributed by atoms with Gasteiger partial charge in [-0.25, -0.2) is 0 Å². The summed E-state index contributed by atoms with van der Waals surface area (Å²) in [7, 11) is 2.06. The maximum Gasteiger partial charge on any atom is 0.254 e. The molecule has 3 atom stereocenters. The molecular formula is C30H32ClN3O. The van der Waals surface area contributed by atoms with Crippen molar-refractivity contribution in [3.63, 3.8) is 0 Å². The molecule has 1 aromatic heterocycles. The van der Waals surface area contributed by atoms with Crippen molar-refractivity contribution in [1.29, 1.82) is 0 Å². The summed E-state index contributed by atoms with van der Waals surface area (Å²) in [6.07, 6.45) is 4.52. The molecular weight excluding hydrogens is 454 g/mol. The molecule has 4 aromatic rings. The smallest absolute Gasteiger partial charge is 0.254 e. The summed E-state index contributed by atoms with van der Waals surface area (Å²) in [6.45, 7) is 1.01. The maximum atomic E-state index is 13.8. The molecule has 3 heterocycles. The van der Waals surface area contributed by atoms with Gasteiger partial charge in [-0.2, -0.15) is 0 Å². The zero-order chi connectivity index (χ0) is 23.1. The van der Waals surface area contributed by atoms with Crippen molar-refractivity contribution in [2.45, 2.75) is 50.4 Å². The second-order valence-corrected chi connectivity index (χ2v) is 9.85. The van der Waals surface area contributed by atoms with E-state index in [4.69, 9.17) is 0 Å². The van der Waals surface area contributed by atoms with Crippen molar-refractivity contribution in [3.8, 4) is 11.3 Å². The lowest BCUT2D eigenvalue weighted by Gasteiger charge is -2.39. The number of carbonyl (C=O) groups excluding carboxylic acids is 1. The first kappa shape index (κ1) is 23.7. The van der Waals surface area contributed by atoms with E-state index < -0.39 is 0 Å². The Morgan fingerprint density at radius 1 is 0.857 bits per heavy atom. The van der Waals surface area contributed by atoms with Gasteiger partial charge in [-0.05, 0) is 42.9 Å². The van der Waals surface area contributed by atoms with Crippen LogP contribution in [-0.4, -0.2) is 33.5 Å². The fraction of sp³-hybridized carbons (Fsp3) is 0.300. The molecule has 0 aliphatic carbocycles. The number of nitrogens with zero attached hydrogens (tertiary/aromatic N) is 2. The zero-order valence-corrected chi connectivity index (χ0v) is 20.9. The number of hydrogen-bond donors (Lipinski definition) is 1. The van der Waals surface area contributed by atoms with E-state index in [1.165, 1.54) is 18.4 Å². The molecule has 0 spiro atoms. The van der Waals surface area contributed by atoms with Gasteiger partial charge in [0.1, 0.15) is 0 Å². The number of amides is 1. The Labute approximate surface area is 213 Å². The number of para-hydroxylation sites is 1. The van der Waals surface area contributed by atoms with Crippen molar-refractivity contribution in [3.05, 3.63) is 96.1 Å². The summed E-state index contributed by atoms with van der Waals surface area (Å²) in [5.41, 5.74) is 5.32. The van der Waals surface area contributed by atoms with Crippen LogP contribution in [0.1, 0.15) is 41.6 Å². The van der Waals surface area contributed by atoms with Gasteiger partial charge >= 0.3 is 0 Å². The SMILES string of the molecule is Cl.Cn1c(-c2ccccc2)c(C(=O)N[C@H]2C[C@H]3CC[C@@H](C2)N3Cc2ccccc2)c2ccccc21. The van der Waals surface area contributed by atoms with Crippen molar-refractivity contribution in [1.82, 2.24) is 14.8 Å². The summed E-state index contributed by atoms with van der Waals surface area (Å²) in [6, 6.07) is 30.6. The zero-order valence-electron chi connectivity index (χ0n) is 20.1. The molecule has 3 aromatic carbocycles. The summed E-state index contributed by atoms with van der Waals surface area (Å²) < 4.78 is 2.16. The Morgan fingerprint density at radius 2 is 1.46 bits per heavy atom. The van der Waals surface area contributed by atoms with Gasteiger partial charge in [0.05, 0.1) is 11.3 Å². The van der Waals surface area contributed by atoms with Crippen LogP contribution in [0.15, 0.2) is 84.9 Å². The van der Waals surface area contributed by atoms with Crippen LogP contribution in [0.4, 0.5) is 0 Å². The van der Waals surface area contributed by atoms with Crippen molar-refractivity contribution < 1.29 is 4.79 Å². The second kappa shape index (κ2) is 9.88. The van der Waals surface area contributed by atoms with Crippen LogP contribution < -0.4 is 5.32 Å². The first-order chi connectivity index (χ1) is 16.7.